The van der Waals surface area contributed by atoms with Crippen LogP contribution in [0.3, 0.4) is 0 Å². The van der Waals surface area contributed by atoms with Crippen LogP contribution in [0.25, 0.3) is 11.0 Å². The van der Waals surface area contributed by atoms with Gasteiger partial charge >= 0.3 is 11.6 Å². The van der Waals surface area contributed by atoms with Crippen molar-refractivity contribution in [1.29, 1.82) is 0 Å². The van der Waals surface area contributed by atoms with Gasteiger partial charge in [0.25, 0.3) is 5.91 Å². The zero-order valence-electron chi connectivity index (χ0n) is 17.5. The van der Waals surface area contributed by atoms with Gasteiger partial charge in [-0.1, -0.05) is 26.2 Å². The first-order valence-corrected chi connectivity index (χ1v) is 9.97. The van der Waals surface area contributed by atoms with Crippen molar-refractivity contribution < 1.29 is 23.8 Å². The Hall–Kier alpha value is -2.83. The van der Waals surface area contributed by atoms with Crippen molar-refractivity contribution in [2.75, 3.05) is 6.61 Å². The fourth-order valence-electron chi connectivity index (χ4n) is 3.23. The highest BCUT2D eigenvalue weighted by atomic mass is 16.5. The number of benzene rings is 1. The van der Waals surface area contributed by atoms with E-state index in [-0.39, 0.29) is 12.2 Å². The molecule has 1 aromatic heterocycles. The number of carbonyl (C=O) groups excluding carboxylic acids is 1. The number of nitrogens with one attached hydrogen (secondary N) is 1. The molecule has 0 spiro atoms. The van der Waals surface area contributed by atoms with Crippen molar-refractivity contribution in [3.05, 3.63) is 39.2 Å². The molecule has 0 saturated heterocycles. The molecule has 0 saturated carbocycles. The van der Waals surface area contributed by atoms with Crippen molar-refractivity contribution in [3.8, 4) is 5.75 Å². The summed E-state index contributed by atoms with van der Waals surface area (Å²) >= 11 is 0. The highest BCUT2D eigenvalue weighted by molar-refractivity contribution is 5.86. The van der Waals surface area contributed by atoms with E-state index < -0.39 is 17.9 Å². The molecular formula is C22H29NO6. The number of rotatable bonds is 10. The predicted molar refractivity (Wildman–Crippen MR) is 111 cm³/mol. The first-order chi connectivity index (χ1) is 13.8. The molecule has 7 heteroatoms. The molecule has 0 unspecified atom stereocenters. The lowest BCUT2D eigenvalue weighted by molar-refractivity contribution is -0.141. The van der Waals surface area contributed by atoms with Crippen molar-refractivity contribution in [2.24, 2.45) is 0 Å². The molecule has 0 aliphatic heterocycles. The van der Waals surface area contributed by atoms with Crippen LogP contribution in [0.5, 0.6) is 5.75 Å². The maximum absolute atomic E-state index is 12.5. The Balaban J connectivity index is 2.19. The number of ether oxygens (including phenoxy) is 1. The fourth-order valence-corrected chi connectivity index (χ4v) is 3.23. The van der Waals surface area contributed by atoms with Gasteiger partial charge in [0.1, 0.15) is 17.4 Å². The quantitative estimate of drug-likeness (QED) is 0.465. The molecule has 158 valence electrons. The third-order valence-corrected chi connectivity index (χ3v) is 5.04. The minimum Gasteiger partial charge on any atom is -0.483 e. The Morgan fingerprint density at radius 3 is 2.55 bits per heavy atom. The largest absolute Gasteiger partial charge is 0.483 e. The van der Waals surface area contributed by atoms with E-state index in [1.807, 2.05) is 13.0 Å². The summed E-state index contributed by atoms with van der Waals surface area (Å²) in [6.07, 6.45) is 5.03. The monoisotopic (exact) mass is 403 g/mol. The van der Waals surface area contributed by atoms with Gasteiger partial charge < -0.3 is 19.6 Å². The first kappa shape index (κ1) is 22.5. The standard InChI is InChI=1S/C22H29NO6/c1-5-6-7-8-9-17-13(2)16-10-11-18(14(3)20(16)29-22(17)27)28-12-19(24)23-15(4)21(25)26/h10-11,15H,5-9,12H2,1-4H3,(H,23,24)(H,25,26)/t15-/m1/s1. The number of carbonyl (C=O) groups is 2. The molecule has 1 aromatic carbocycles. The Bertz CT molecular complexity index is 946. The third-order valence-electron chi connectivity index (χ3n) is 5.04. The van der Waals surface area contributed by atoms with E-state index >= 15 is 0 Å². The van der Waals surface area contributed by atoms with E-state index in [2.05, 4.69) is 12.2 Å². The predicted octanol–water partition coefficient (Wildman–Crippen LogP) is 3.50. The molecule has 0 bridgehead atoms. The fraction of sp³-hybridized carbons (Fsp3) is 0.500. The van der Waals surface area contributed by atoms with Crippen LogP contribution in [0.2, 0.25) is 0 Å². The van der Waals surface area contributed by atoms with Gasteiger partial charge in [-0.15, -0.1) is 0 Å². The average molecular weight is 403 g/mol. The molecule has 1 heterocycles. The van der Waals surface area contributed by atoms with Crippen LogP contribution >= 0.6 is 0 Å². The van der Waals surface area contributed by atoms with Crippen LogP contribution in [0.15, 0.2) is 21.3 Å². The molecule has 0 radical (unpaired) electrons. The lowest BCUT2D eigenvalue weighted by Gasteiger charge is -2.14. The van der Waals surface area contributed by atoms with Crippen molar-refractivity contribution in [3.63, 3.8) is 0 Å². The Morgan fingerprint density at radius 2 is 1.90 bits per heavy atom. The Labute approximate surface area is 170 Å². The second kappa shape index (κ2) is 10.1. The summed E-state index contributed by atoms with van der Waals surface area (Å²) in [6.45, 7) is 6.88. The van der Waals surface area contributed by atoms with Gasteiger partial charge in [0.05, 0.1) is 0 Å². The second-order valence-corrected chi connectivity index (χ2v) is 7.29. The highest BCUT2D eigenvalue weighted by Crippen LogP contribution is 2.29. The van der Waals surface area contributed by atoms with E-state index in [0.717, 1.165) is 36.6 Å². The summed E-state index contributed by atoms with van der Waals surface area (Å²) < 4.78 is 11.1. The normalized spacial score (nSPS) is 12.0. The van der Waals surface area contributed by atoms with Gasteiger partial charge in [0.15, 0.2) is 6.61 Å². The van der Waals surface area contributed by atoms with Crippen LogP contribution < -0.4 is 15.7 Å². The molecule has 2 aromatic rings. The Kier molecular flexibility index (Phi) is 7.82. The number of carboxylic acids is 1. The van der Waals surface area contributed by atoms with Gasteiger partial charge in [-0.25, -0.2) is 4.79 Å². The minimum absolute atomic E-state index is 0.331. The van der Waals surface area contributed by atoms with Crippen LogP contribution in [-0.2, 0) is 16.0 Å². The smallest absolute Gasteiger partial charge is 0.339 e. The molecule has 2 rings (SSSR count). The number of hydrogen-bond acceptors (Lipinski definition) is 5. The minimum atomic E-state index is -1.12. The molecule has 2 N–H and O–H groups in total. The maximum Gasteiger partial charge on any atom is 0.339 e. The molecule has 7 nitrogen and oxygen atoms in total. The van der Waals surface area contributed by atoms with Crippen molar-refractivity contribution >= 4 is 22.8 Å². The van der Waals surface area contributed by atoms with Gasteiger partial charge in [0.2, 0.25) is 0 Å². The van der Waals surface area contributed by atoms with E-state index in [0.29, 0.717) is 28.9 Å². The summed E-state index contributed by atoms with van der Waals surface area (Å²) in [5.74, 6) is -1.25. The van der Waals surface area contributed by atoms with Crippen LogP contribution in [0.1, 0.15) is 56.2 Å². The summed E-state index contributed by atoms with van der Waals surface area (Å²) in [4.78, 5) is 35.1. The van der Waals surface area contributed by atoms with Gasteiger partial charge in [0, 0.05) is 16.5 Å². The van der Waals surface area contributed by atoms with Crippen LogP contribution in [0.4, 0.5) is 0 Å². The topological polar surface area (TPSA) is 106 Å². The van der Waals surface area contributed by atoms with Crippen LogP contribution in [0, 0.1) is 13.8 Å². The Morgan fingerprint density at radius 1 is 1.17 bits per heavy atom. The molecule has 0 aliphatic rings. The van der Waals surface area contributed by atoms with E-state index in [9.17, 15) is 14.4 Å². The summed E-state index contributed by atoms with van der Waals surface area (Å²) in [7, 11) is 0. The zero-order valence-corrected chi connectivity index (χ0v) is 17.5. The van der Waals surface area contributed by atoms with Gasteiger partial charge in [-0.3, -0.25) is 9.59 Å². The van der Waals surface area contributed by atoms with Gasteiger partial charge in [-0.05, 0) is 51.3 Å². The molecule has 1 atom stereocenters. The van der Waals surface area contributed by atoms with E-state index in [1.54, 1.807) is 13.0 Å². The van der Waals surface area contributed by atoms with Crippen molar-refractivity contribution in [2.45, 2.75) is 65.8 Å². The van der Waals surface area contributed by atoms with E-state index in [4.69, 9.17) is 14.3 Å². The van der Waals surface area contributed by atoms with Crippen molar-refractivity contribution in [1.82, 2.24) is 5.32 Å². The van der Waals surface area contributed by atoms with E-state index in [1.165, 1.54) is 6.92 Å². The average Bonchev–Trinajstić information content (AvgIpc) is 2.67. The van der Waals surface area contributed by atoms with Crippen LogP contribution in [-0.4, -0.2) is 29.6 Å². The number of unbranched alkanes of at least 4 members (excludes halogenated alkanes) is 3. The lowest BCUT2D eigenvalue weighted by Crippen LogP contribution is -2.40. The zero-order chi connectivity index (χ0) is 21.6. The molecular weight excluding hydrogens is 374 g/mol. The lowest BCUT2D eigenvalue weighted by atomic mass is 9.99. The highest BCUT2D eigenvalue weighted by Gasteiger charge is 2.17. The third kappa shape index (κ3) is 5.59. The SMILES string of the molecule is CCCCCCc1c(C)c2ccc(OCC(=O)N[C@H](C)C(=O)O)c(C)c2oc1=O. The molecule has 0 fully saturated rings. The first-order valence-electron chi connectivity index (χ1n) is 9.97. The number of carboxylic acid groups (broad SMARTS) is 1. The number of aliphatic carboxylic acids is 1. The molecule has 0 aliphatic carbocycles. The summed E-state index contributed by atoms with van der Waals surface area (Å²) in [6, 6.07) is 2.56. The number of amides is 1. The number of aryl methyl sites for hydroxylation is 2. The summed E-state index contributed by atoms with van der Waals surface area (Å²) in [5.41, 5.74) is 2.36. The molecule has 1 amide bonds. The summed E-state index contributed by atoms with van der Waals surface area (Å²) in [5, 5.41) is 12.0. The maximum atomic E-state index is 12.5. The number of hydrogen-bond donors (Lipinski definition) is 2. The second-order valence-electron chi connectivity index (χ2n) is 7.29. The number of fused-ring (bicyclic) bond motifs is 1. The van der Waals surface area contributed by atoms with Gasteiger partial charge in [-0.2, -0.15) is 0 Å². The molecule has 29 heavy (non-hydrogen) atoms.